The van der Waals surface area contributed by atoms with E-state index in [-0.39, 0.29) is 11.5 Å². The lowest BCUT2D eigenvalue weighted by Crippen LogP contribution is -2.21. The van der Waals surface area contributed by atoms with Gasteiger partial charge in [0.1, 0.15) is 11.5 Å². The third-order valence-corrected chi connectivity index (χ3v) is 3.25. The number of hydrogen-bond acceptors (Lipinski definition) is 5. The Bertz CT molecular complexity index is 737. The summed E-state index contributed by atoms with van der Waals surface area (Å²) < 4.78 is 0. The highest BCUT2D eigenvalue weighted by Crippen LogP contribution is 2.19. The summed E-state index contributed by atoms with van der Waals surface area (Å²) in [6.07, 6.45) is 3.25. The van der Waals surface area contributed by atoms with Crippen molar-refractivity contribution in [3.8, 4) is 11.5 Å². The zero-order valence-corrected chi connectivity index (χ0v) is 13.3. The van der Waals surface area contributed by atoms with E-state index in [0.717, 1.165) is 0 Å². The Kier molecular flexibility index (Phi) is 5.01. The molecule has 0 atom stereocenters. The molecule has 0 aliphatic carbocycles. The SMILES string of the molecule is CC(C)(CN=Cc1ccc(N)cc1O)N=Cc1ccccc1O. The van der Waals surface area contributed by atoms with Gasteiger partial charge in [-0.1, -0.05) is 12.1 Å². The Labute approximate surface area is 135 Å². The molecule has 0 amide bonds. The lowest BCUT2D eigenvalue weighted by molar-refractivity contribution is 0.473. The van der Waals surface area contributed by atoms with Crippen LogP contribution in [0.25, 0.3) is 0 Å². The number of phenols is 2. The van der Waals surface area contributed by atoms with Crippen molar-refractivity contribution < 1.29 is 10.2 Å². The first-order chi connectivity index (χ1) is 10.9. The molecule has 2 rings (SSSR count). The average molecular weight is 311 g/mol. The molecule has 0 saturated carbocycles. The van der Waals surface area contributed by atoms with Crippen LogP contribution in [0.3, 0.4) is 0 Å². The molecule has 0 spiro atoms. The number of nitrogens with two attached hydrogens (primary N) is 1. The summed E-state index contributed by atoms with van der Waals surface area (Å²) >= 11 is 0. The van der Waals surface area contributed by atoms with Crippen LogP contribution in [0.4, 0.5) is 5.69 Å². The first-order valence-corrected chi connectivity index (χ1v) is 7.29. The Morgan fingerprint density at radius 1 is 1.00 bits per heavy atom. The fourth-order valence-corrected chi connectivity index (χ4v) is 1.92. The van der Waals surface area contributed by atoms with Crippen molar-refractivity contribution in [1.82, 2.24) is 0 Å². The molecular weight excluding hydrogens is 290 g/mol. The van der Waals surface area contributed by atoms with Crippen LogP contribution in [-0.2, 0) is 0 Å². The van der Waals surface area contributed by atoms with Crippen LogP contribution in [0.1, 0.15) is 25.0 Å². The van der Waals surface area contributed by atoms with Crippen molar-refractivity contribution in [3.05, 3.63) is 53.6 Å². The topological polar surface area (TPSA) is 91.2 Å². The Balaban J connectivity index is 2.03. The number of anilines is 1. The monoisotopic (exact) mass is 311 g/mol. The van der Waals surface area contributed by atoms with Crippen molar-refractivity contribution >= 4 is 18.1 Å². The minimum absolute atomic E-state index is 0.101. The first-order valence-electron chi connectivity index (χ1n) is 7.29. The van der Waals surface area contributed by atoms with E-state index in [2.05, 4.69) is 9.98 Å². The zero-order chi connectivity index (χ0) is 16.9. The molecule has 0 unspecified atom stereocenters. The average Bonchev–Trinajstić information content (AvgIpc) is 2.49. The van der Waals surface area contributed by atoms with Crippen LogP contribution >= 0.6 is 0 Å². The predicted octanol–water partition coefficient (Wildman–Crippen LogP) is 3.00. The molecule has 0 fully saturated rings. The van der Waals surface area contributed by atoms with Crippen LogP contribution in [0.2, 0.25) is 0 Å². The summed E-state index contributed by atoms with van der Waals surface area (Å²) in [5, 5.41) is 19.5. The van der Waals surface area contributed by atoms with Gasteiger partial charge in [0.15, 0.2) is 0 Å². The maximum absolute atomic E-state index is 9.77. The van der Waals surface area contributed by atoms with Gasteiger partial charge >= 0.3 is 0 Å². The molecule has 0 bridgehead atoms. The van der Waals surface area contributed by atoms with Crippen LogP contribution in [0.15, 0.2) is 52.4 Å². The molecule has 2 aromatic rings. The largest absolute Gasteiger partial charge is 0.507 e. The molecule has 0 aliphatic heterocycles. The van der Waals surface area contributed by atoms with Gasteiger partial charge in [-0.25, -0.2) is 0 Å². The zero-order valence-electron chi connectivity index (χ0n) is 13.3. The maximum Gasteiger partial charge on any atom is 0.126 e. The number of nitrogens with zero attached hydrogens (tertiary/aromatic N) is 2. The second kappa shape index (κ2) is 6.96. The lowest BCUT2D eigenvalue weighted by Gasteiger charge is -2.16. The van der Waals surface area contributed by atoms with Crippen LogP contribution in [0.5, 0.6) is 11.5 Å². The Morgan fingerprint density at radius 2 is 1.70 bits per heavy atom. The summed E-state index contributed by atoms with van der Waals surface area (Å²) in [5.41, 5.74) is 6.94. The van der Waals surface area contributed by atoms with Gasteiger partial charge in [0.2, 0.25) is 0 Å². The molecular formula is C18H21N3O2. The second-order valence-corrected chi connectivity index (χ2v) is 5.92. The Hall–Kier alpha value is -2.82. The maximum atomic E-state index is 9.77. The number of nitrogen functional groups attached to an aromatic ring is 1. The summed E-state index contributed by atoms with van der Waals surface area (Å²) in [6.45, 7) is 4.34. The van der Waals surface area contributed by atoms with E-state index in [9.17, 15) is 10.2 Å². The van der Waals surface area contributed by atoms with Gasteiger partial charge < -0.3 is 15.9 Å². The summed E-state index contributed by atoms with van der Waals surface area (Å²) in [4.78, 5) is 8.81. The number of para-hydroxylation sites is 1. The third kappa shape index (κ3) is 4.85. The number of phenolic OH excluding ortho intramolecular Hbond substituents is 2. The molecule has 2 aromatic carbocycles. The highest BCUT2D eigenvalue weighted by atomic mass is 16.3. The van der Waals surface area contributed by atoms with E-state index >= 15 is 0 Å². The van der Waals surface area contributed by atoms with E-state index in [1.807, 2.05) is 19.9 Å². The van der Waals surface area contributed by atoms with Gasteiger partial charge in [0.25, 0.3) is 0 Å². The van der Waals surface area contributed by atoms with Crippen LogP contribution in [-0.4, -0.2) is 34.7 Å². The van der Waals surface area contributed by atoms with Gasteiger partial charge in [-0.3, -0.25) is 9.98 Å². The summed E-state index contributed by atoms with van der Waals surface area (Å²) in [5.74, 6) is 0.298. The molecule has 0 saturated heterocycles. The number of rotatable bonds is 5. The third-order valence-electron chi connectivity index (χ3n) is 3.25. The smallest absolute Gasteiger partial charge is 0.126 e. The minimum Gasteiger partial charge on any atom is -0.507 e. The minimum atomic E-state index is -0.428. The predicted molar refractivity (Wildman–Crippen MR) is 94.8 cm³/mol. The van der Waals surface area contributed by atoms with E-state index in [1.165, 1.54) is 6.07 Å². The highest BCUT2D eigenvalue weighted by molar-refractivity contribution is 5.85. The number of hydrogen-bond donors (Lipinski definition) is 3. The lowest BCUT2D eigenvalue weighted by atomic mass is 10.1. The molecule has 0 aliphatic rings. The van der Waals surface area contributed by atoms with Gasteiger partial charge in [0, 0.05) is 35.3 Å². The van der Waals surface area contributed by atoms with E-state index in [0.29, 0.717) is 23.4 Å². The summed E-state index contributed by atoms with van der Waals surface area (Å²) in [7, 11) is 0. The number of aliphatic imine (C=N–C) groups is 2. The first kappa shape index (κ1) is 16.5. The fraction of sp³-hybridized carbons (Fsp3) is 0.222. The Morgan fingerprint density at radius 3 is 2.39 bits per heavy atom. The van der Waals surface area contributed by atoms with Gasteiger partial charge in [-0.2, -0.15) is 0 Å². The number of benzene rings is 2. The molecule has 5 nitrogen and oxygen atoms in total. The van der Waals surface area contributed by atoms with Crippen molar-refractivity contribution in [3.63, 3.8) is 0 Å². The van der Waals surface area contributed by atoms with Crippen LogP contribution in [0, 0.1) is 0 Å². The number of aromatic hydroxyl groups is 2. The molecule has 120 valence electrons. The van der Waals surface area contributed by atoms with Gasteiger partial charge in [0.05, 0.1) is 12.1 Å². The fourth-order valence-electron chi connectivity index (χ4n) is 1.92. The van der Waals surface area contributed by atoms with Crippen molar-refractivity contribution in [2.24, 2.45) is 9.98 Å². The van der Waals surface area contributed by atoms with Crippen LogP contribution < -0.4 is 5.73 Å². The highest BCUT2D eigenvalue weighted by Gasteiger charge is 2.14. The normalized spacial score (nSPS) is 12.3. The van der Waals surface area contributed by atoms with Crippen molar-refractivity contribution in [2.75, 3.05) is 12.3 Å². The molecule has 0 heterocycles. The second-order valence-electron chi connectivity index (χ2n) is 5.92. The molecule has 4 N–H and O–H groups in total. The van der Waals surface area contributed by atoms with E-state index < -0.39 is 5.54 Å². The molecule has 0 aromatic heterocycles. The van der Waals surface area contributed by atoms with Gasteiger partial charge in [-0.05, 0) is 38.1 Å². The molecule has 23 heavy (non-hydrogen) atoms. The quantitative estimate of drug-likeness (QED) is 0.585. The van der Waals surface area contributed by atoms with E-state index in [1.54, 1.807) is 42.8 Å². The van der Waals surface area contributed by atoms with Gasteiger partial charge in [-0.15, -0.1) is 0 Å². The van der Waals surface area contributed by atoms with E-state index in [4.69, 9.17) is 5.73 Å². The van der Waals surface area contributed by atoms with Crippen molar-refractivity contribution in [2.45, 2.75) is 19.4 Å². The van der Waals surface area contributed by atoms with Crippen molar-refractivity contribution in [1.29, 1.82) is 0 Å². The molecule has 5 heteroatoms. The summed E-state index contributed by atoms with van der Waals surface area (Å²) in [6, 6.07) is 11.9. The standard InChI is InChI=1S/C18H21N3O2/c1-18(2,21-11-13-5-3-4-6-16(13)22)12-20-10-14-7-8-15(19)9-17(14)23/h3-11,22-23H,12,19H2,1-2H3. The molecule has 0 radical (unpaired) electrons.